The lowest BCUT2D eigenvalue weighted by Crippen LogP contribution is -1.95. The highest BCUT2D eigenvalue weighted by Crippen LogP contribution is 2.02. The van der Waals surface area contributed by atoms with E-state index in [2.05, 4.69) is 0 Å². The molecule has 0 aromatic rings. The molecule has 0 aromatic carbocycles. The molecule has 0 aliphatic rings. The van der Waals surface area contributed by atoms with Gasteiger partial charge in [0.15, 0.2) is 0 Å². The number of allylic oxidation sites excluding steroid dienone is 1. The van der Waals surface area contributed by atoms with Gasteiger partial charge in [-0.25, -0.2) is 0 Å². The van der Waals surface area contributed by atoms with Crippen LogP contribution in [0.5, 0.6) is 0 Å². The average Bonchev–Trinajstić information content (AvgIpc) is 1.87. The fourth-order valence-corrected chi connectivity index (χ4v) is 0.925. The van der Waals surface area contributed by atoms with Crippen LogP contribution in [0.1, 0.15) is 13.8 Å². The van der Waals surface area contributed by atoms with E-state index < -0.39 is 0 Å². The van der Waals surface area contributed by atoms with Crippen LogP contribution < -0.4 is 0 Å². The molecule has 0 amide bonds. The molecule has 0 bridgehead atoms. The van der Waals surface area contributed by atoms with E-state index in [9.17, 15) is 0 Å². The van der Waals surface area contributed by atoms with E-state index >= 15 is 0 Å². The highest BCUT2D eigenvalue weighted by Gasteiger charge is 1.92. The maximum atomic E-state index is 5.03. The summed E-state index contributed by atoms with van der Waals surface area (Å²) in [5, 5.41) is 0. The molecule has 54 valence electrons. The van der Waals surface area contributed by atoms with Crippen molar-refractivity contribution in [2.75, 3.05) is 13.7 Å². The normalized spacial score (nSPS) is 13.2. The van der Waals surface area contributed by atoms with Gasteiger partial charge in [-0.05, 0) is 19.4 Å². The zero-order valence-electron chi connectivity index (χ0n) is 6.52. The molecule has 0 aliphatic carbocycles. The summed E-state index contributed by atoms with van der Waals surface area (Å²) in [6.45, 7) is 4.67. The Kier molecular flexibility index (Phi) is 4.44. The predicted octanol–water partition coefficient (Wildman–Crippen LogP) is 0.224. The zero-order valence-corrected chi connectivity index (χ0v) is 8.52. The Morgan fingerprint density at radius 3 is 2.33 bits per heavy atom. The lowest BCUT2D eigenvalue weighted by Gasteiger charge is -2.04. The maximum Gasteiger partial charge on any atom is 0.146 e. The fourth-order valence-electron chi connectivity index (χ4n) is 0.492. The maximum absolute atomic E-state index is 5.03. The third-order valence-electron chi connectivity index (χ3n) is 1.27. The zero-order chi connectivity index (χ0) is 7.28. The molecule has 9 heavy (non-hydrogen) atoms. The highest BCUT2D eigenvalue weighted by atomic mass is 28.2. The summed E-state index contributed by atoms with van der Waals surface area (Å²) >= 11 is 0. The first kappa shape index (κ1) is 8.72. The minimum absolute atomic E-state index is 0.714. The molecular weight excluding hydrogens is 132 g/mol. The van der Waals surface area contributed by atoms with Gasteiger partial charge in [0.1, 0.15) is 10.5 Å². The van der Waals surface area contributed by atoms with Crippen molar-refractivity contribution in [1.82, 2.24) is 0 Å². The smallest absolute Gasteiger partial charge is 0.146 e. The third-order valence-corrected chi connectivity index (χ3v) is 1.56. The first-order valence-electron chi connectivity index (χ1n) is 2.91. The van der Waals surface area contributed by atoms with Crippen molar-refractivity contribution in [3.63, 3.8) is 0 Å². The average molecular weight is 146 g/mol. The van der Waals surface area contributed by atoms with Gasteiger partial charge in [-0.15, -0.1) is 0 Å². The summed E-state index contributed by atoms with van der Waals surface area (Å²) in [5.74, 6) is 0.964. The molecule has 0 fully saturated rings. The predicted molar refractivity (Wildman–Crippen MR) is 41.3 cm³/mol. The summed E-state index contributed by atoms with van der Waals surface area (Å²) in [6.07, 6.45) is 0. The topological polar surface area (TPSA) is 18.5 Å². The standard InChI is InChI=1S/C6H14O2Si/c1-5(4-8-9)6(2)7-3/h4H2,1-3,9H3. The number of ether oxygens (including phenoxy) is 1. The monoisotopic (exact) mass is 146 g/mol. The van der Waals surface area contributed by atoms with Crippen molar-refractivity contribution in [2.24, 2.45) is 0 Å². The van der Waals surface area contributed by atoms with Crippen LogP contribution in [0.2, 0.25) is 0 Å². The van der Waals surface area contributed by atoms with Crippen LogP contribution in [0.15, 0.2) is 11.3 Å². The molecule has 0 saturated heterocycles. The SMILES string of the molecule is COC(C)=C(C)CO[SiH3]. The Morgan fingerprint density at radius 1 is 1.44 bits per heavy atom. The highest BCUT2D eigenvalue weighted by molar-refractivity contribution is 5.98. The van der Waals surface area contributed by atoms with Gasteiger partial charge in [-0.1, -0.05) is 0 Å². The van der Waals surface area contributed by atoms with E-state index in [4.69, 9.17) is 9.16 Å². The molecule has 0 rings (SSSR count). The van der Waals surface area contributed by atoms with Crippen LogP contribution in [-0.2, 0) is 9.16 Å². The Hall–Kier alpha value is -0.283. The molecular formula is C6H14O2Si. The van der Waals surface area contributed by atoms with Gasteiger partial charge in [0.25, 0.3) is 0 Å². The van der Waals surface area contributed by atoms with Crippen molar-refractivity contribution in [1.29, 1.82) is 0 Å². The summed E-state index contributed by atoms with van der Waals surface area (Å²) in [7, 11) is 2.47. The molecule has 0 aliphatic heterocycles. The molecule has 0 unspecified atom stereocenters. The van der Waals surface area contributed by atoms with E-state index in [1.54, 1.807) is 7.11 Å². The van der Waals surface area contributed by atoms with Crippen LogP contribution in [0.3, 0.4) is 0 Å². The summed E-state index contributed by atoms with van der Waals surface area (Å²) < 4.78 is 10.0. The summed E-state index contributed by atoms with van der Waals surface area (Å²) in [5.41, 5.74) is 1.17. The summed E-state index contributed by atoms with van der Waals surface area (Å²) in [6, 6.07) is 0. The first-order chi connectivity index (χ1) is 4.22. The Morgan fingerprint density at radius 2 is 2.00 bits per heavy atom. The van der Waals surface area contributed by atoms with E-state index in [-0.39, 0.29) is 0 Å². The third kappa shape index (κ3) is 3.32. The molecule has 0 saturated carbocycles. The lowest BCUT2D eigenvalue weighted by atomic mass is 10.3. The first-order valence-corrected chi connectivity index (χ1v) is 3.73. The molecule has 0 spiro atoms. The molecule has 0 heterocycles. The number of rotatable bonds is 3. The van der Waals surface area contributed by atoms with Crippen LogP contribution >= 0.6 is 0 Å². The van der Waals surface area contributed by atoms with E-state index in [0.717, 1.165) is 16.2 Å². The minimum atomic E-state index is 0.714. The van der Waals surface area contributed by atoms with Crippen molar-refractivity contribution in [3.05, 3.63) is 11.3 Å². The molecule has 0 atom stereocenters. The Bertz CT molecular complexity index is 110. The van der Waals surface area contributed by atoms with Crippen LogP contribution in [0.25, 0.3) is 0 Å². The molecule has 0 N–H and O–H groups in total. The van der Waals surface area contributed by atoms with Gasteiger partial charge >= 0.3 is 0 Å². The lowest BCUT2D eigenvalue weighted by molar-refractivity contribution is 0.278. The minimum Gasteiger partial charge on any atom is -0.501 e. The molecule has 3 heteroatoms. The second-order valence-corrected chi connectivity index (χ2v) is 2.55. The van der Waals surface area contributed by atoms with Crippen LogP contribution in [0, 0.1) is 0 Å². The van der Waals surface area contributed by atoms with Crippen molar-refractivity contribution in [2.45, 2.75) is 13.8 Å². The fraction of sp³-hybridized carbons (Fsp3) is 0.667. The van der Waals surface area contributed by atoms with Crippen LogP contribution in [-0.4, -0.2) is 24.2 Å². The van der Waals surface area contributed by atoms with Crippen LogP contribution in [0.4, 0.5) is 0 Å². The number of hydrogen-bond acceptors (Lipinski definition) is 2. The second kappa shape index (κ2) is 4.58. The van der Waals surface area contributed by atoms with Gasteiger partial charge < -0.3 is 9.16 Å². The van der Waals surface area contributed by atoms with E-state index in [0.29, 0.717) is 6.61 Å². The number of hydrogen-bond donors (Lipinski definition) is 0. The quantitative estimate of drug-likeness (QED) is 0.419. The van der Waals surface area contributed by atoms with Gasteiger partial charge in [0.2, 0.25) is 0 Å². The van der Waals surface area contributed by atoms with E-state index in [1.807, 2.05) is 13.8 Å². The van der Waals surface area contributed by atoms with Crippen molar-refractivity contribution < 1.29 is 9.16 Å². The van der Waals surface area contributed by atoms with E-state index in [1.165, 1.54) is 5.57 Å². The van der Waals surface area contributed by atoms with Gasteiger partial charge in [0, 0.05) is 0 Å². The second-order valence-electron chi connectivity index (χ2n) is 1.97. The summed E-state index contributed by atoms with van der Waals surface area (Å²) in [4.78, 5) is 0. The largest absolute Gasteiger partial charge is 0.501 e. The van der Waals surface area contributed by atoms with Gasteiger partial charge in [-0.3, -0.25) is 0 Å². The molecule has 2 nitrogen and oxygen atoms in total. The van der Waals surface area contributed by atoms with Crippen molar-refractivity contribution >= 4 is 10.5 Å². The Labute approximate surface area is 59.4 Å². The number of methoxy groups -OCH3 is 1. The molecule has 0 radical (unpaired) electrons. The molecule has 0 aromatic heterocycles. The van der Waals surface area contributed by atoms with Gasteiger partial charge in [-0.2, -0.15) is 0 Å². The Balaban J connectivity index is 3.78. The van der Waals surface area contributed by atoms with Gasteiger partial charge in [0.05, 0.1) is 19.5 Å². The van der Waals surface area contributed by atoms with Crippen molar-refractivity contribution in [3.8, 4) is 0 Å².